The highest BCUT2D eigenvalue weighted by atomic mass is 19.1. The number of nitrogens with one attached hydrogen (secondary N) is 1. The maximum Gasteiger partial charge on any atom is 0.123 e. The molecule has 2 atom stereocenters. The molecular formula is C16H26FN. The Bertz CT molecular complexity index is 320. The monoisotopic (exact) mass is 251 g/mol. The van der Waals surface area contributed by atoms with Gasteiger partial charge in [0.05, 0.1) is 0 Å². The van der Waals surface area contributed by atoms with Crippen LogP contribution in [0.5, 0.6) is 0 Å². The van der Waals surface area contributed by atoms with E-state index < -0.39 is 0 Å². The molecule has 102 valence electrons. The predicted molar refractivity (Wildman–Crippen MR) is 76.3 cm³/mol. The summed E-state index contributed by atoms with van der Waals surface area (Å²) in [6.07, 6.45) is 4.55. The van der Waals surface area contributed by atoms with Gasteiger partial charge in [0.1, 0.15) is 5.82 Å². The molecule has 0 aromatic heterocycles. The van der Waals surface area contributed by atoms with Gasteiger partial charge in [-0.1, -0.05) is 39.3 Å². The van der Waals surface area contributed by atoms with Crippen LogP contribution >= 0.6 is 0 Å². The molecule has 0 aliphatic heterocycles. The zero-order valence-corrected chi connectivity index (χ0v) is 11.9. The minimum atomic E-state index is -0.154. The van der Waals surface area contributed by atoms with Crippen LogP contribution in [0.4, 0.5) is 4.39 Å². The van der Waals surface area contributed by atoms with Crippen molar-refractivity contribution in [1.29, 1.82) is 0 Å². The summed E-state index contributed by atoms with van der Waals surface area (Å²) in [6, 6.07) is 7.40. The normalized spacial score (nSPS) is 14.4. The molecule has 1 aromatic rings. The summed E-state index contributed by atoms with van der Waals surface area (Å²) < 4.78 is 12.9. The maximum atomic E-state index is 12.9. The van der Waals surface area contributed by atoms with Crippen molar-refractivity contribution in [2.75, 3.05) is 6.54 Å². The van der Waals surface area contributed by atoms with Crippen molar-refractivity contribution in [3.8, 4) is 0 Å². The smallest absolute Gasteiger partial charge is 0.123 e. The predicted octanol–water partition coefficient (Wildman–Crippen LogP) is 4.17. The third-order valence-corrected chi connectivity index (χ3v) is 3.46. The molecule has 0 saturated heterocycles. The van der Waals surface area contributed by atoms with Gasteiger partial charge in [-0.15, -0.1) is 0 Å². The fraction of sp³-hybridized carbons (Fsp3) is 0.625. The molecule has 0 heterocycles. The summed E-state index contributed by atoms with van der Waals surface area (Å²) in [7, 11) is 0. The summed E-state index contributed by atoms with van der Waals surface area (Å²) in [4.78, 5) is 0. The van der Waals surface area contributed by atoms with Crippen LogP contribution in [0.3, 0.4) is 0 Å². The van der Waals surface area contributed by atoms with Gasteiger partial charge in [0, 0.05) is 6.04 Å². The first-order valence-electron chi connectivity index (χ1n) is 7.13. The maximum absolute atomic E-state index is 12.9. The Morgan fingerprint density at radius 3 is 2.39 bits per heavy atom. The van der Waals surface area contributed by atoms with E-state index >= 15 is 0 Å². The van der Waals surface area contributed by atoms with Crippen LogP contribution in [-0.2, 0) is 6.42 Å². The summed E-state index contributed by atoms with van der Waals surface area (Å²) in [5.74, 6) is 0.582. The van der Waals surface area contributed by atoms with Gasteiger partial charge < -0.3 is 5.32 Å². The van der Waals surface area contributed by atoms with Gasteiger partial charge in [-0.25, -0.2) is 4.39 Å². The molecule has 0 saturated carbocycles. The molecule has 0 radical (unpaired) electrons. The van der Waals surface area contributed by atoms with Crippen molar-refractivity contribution in [3.63, 3.8) is 0 Å². The molecular weight excluding hydrogens is 225 g/mol. The van der Waals surface area contributed by atoms with E-state index in [9.17, 15) is 4.39 Å². The van der Waals surface area contributed by atoms with E-state index in [1.54, 1.807) is 12.1 Å². The average molecular weight is 251 g/mol. The van der Waals surface area contributed by atoms with E-state index in [1.807, 2.05) is 12.1 Å². The molecule has 0 amide bonds. The summed E-state index contributed by atoms with van der Waals surface area (Å²) in [5.41, 5.74) is 1.22. The van der Waals surface area contributed by atoms with Crippen LogP contribution in [0.15, 0.2) is 24.3 Å². The van der Waals surface area contributed by atoms with Gasteiger partial charge in [0.25, 0.3) is 0 Å². The fourth-order valence-electron chi connectivity index (χ4n) is 2.14. The molecule has 18 heavy (non-hydrogen) atoms. The van der Waals surface area contributed by atoms with Gasteiger partial charge in [0.2, 0.25) is 0 Å². The minimum Gasteiger partial charge on any atom is -0.314 e. The number of rotatable bonds is 8. The van der Waals surface area contributed by atoms with E-state index in [-0.39, 0.29) is 5.82 Å². The Labute approximate surface area is 111 Å². The minimum absolute atomic E-state index is 0.154. The zero-order valence-electron chi connectivity index (χ0n) is 11.9. The molecule has 1 nitrogen and oxygen atoms in total. The second kappa shape index (κ2) is 8.25. The van der Waals surface area contributed by atoms with Gasteiger partial charge in [-0.3, -0.25) is 0 Å². The summed E-state index contributed by atoms with van der Waals surface area (Å²) in [5, 5.41) is 3.60. The van der Waals surface area contributed by atoms with E-state index in [2.05, 4.69) is 26.1 Å². The van der Waals surface area contributed by atoms with Crippen LogP contribution in [0.2, 0.25) is 0 Å². The van der Waals surface area contributed by atoms with E-state index in [1.165, 1.54) is 18.4 Å². The van der Waals surface area contributed by atoms with E-state index in [4.69, 9.17) is 0 Å². The summed E-state index contributed by atoms with van der Waals surface area (Å²) >= 11 is 0. The van der Waals surface area contributed by atoms with Crippen LogP contribution in [0.1, 0.15) is 45.6 Å². The number of hydrogen-bond donors (Lipinski definition) is 1. The van der Waals surface area contributed by atoms with Gasteiger partial charge in [-0.2, -0.15) is 0 Å². The number of halogens is 1. The molecule has 1 aromatic carbocycles. The lowest BCUT2D eigenvalue weighted by molar-refractivity contribution is 0.391. The third-order valence-electron chi connectivity index (χ3n) is 3.46. The third kappa shape index (κ3) is 5.63. The highest BCUT2D eigenvalue weighted by molar-refractivity contribution is 5.17. The lowest BCUT2D eigenvalue weighted by atomic mass is 9.94. The highest BCUT2D eigenvalue weighted by Crippen LogP contribution is 2.14. The Morgan fingerprint density at radius 1 is 1.17 bits per heavy atom. The zero-order chi connectivity index (χ0) is 13.4. The second-order valence-electron chi connectivity index (χ2n) is 5.23. The van der Waals surface area contributed by atoms with Crippen molar-refractivity contribution in [2.45, 2.75) is 52.5 Å². The molecule has 0 spiro atoms. The van der Waals surface area contributed by atoms with E-state index in [0.717, 1.165) is 25.3 Å². The molecule has 0 bridgehead atoms. The van der Waals surface area contributed by atoms with Crippen LogP contribution in [0, 0.1) is 11.7 Å². The van der Waals surface area contributed by atoms with Crippen LogP contribution < -0.4 is 5.32 Å². The molecule has 0 aliphatic carbocycles. The topological polar surface area (TPSA) is 12.0 Å². The Balaban J connectivity index is 2.56. The largest absolute Gasteiger partial charge is 0.314 e. The molecule has 0 fully saturated rings. The molecule has 2 heteroatoms. The lowest BCUT2D eigenvalue weighted by Crippen LogP contribution is -2.33. The molecule has 1 rings (SSSR count). The lowest BCUT2D eigenvalue weighted by Gasteiger charge is -2.21. The van der Waals surface area contributed by atoms with Crippen molar-refractivity contribution >= 4 is 0 Å². The Morgan fingerprint density at radius 2 is 1.83 bits per heavy atom. The first-order valence-corrected chi connectivity index (χ1v) is 7.13. The van der Waals surface area contributed by atoms with Gasteiger partial charge in [0.15, 0.2) is 0 Å². The standard InChI is InChI=1S/C16H26FN/c1-4-10-18-16(11-13(3)5-2)12-14-6-8-15(17)9-7-14/h6-9,13,16,18H,4-5,10-12H2,1-3H3. The van der Waals surface area contributed by atoms with Crippen molar-refractivity contribution in [2.24, 2.45) is 5.92 Å². The Kier molecular flexibility index (Phi) is 6.96. The quantitative estimate of drug-likeness (QED) is 0.731. The highest BCUT2D eigenvalue weighted by Gasteiger charge is 2.12. The van der Waals surface area contributed by atoms with Crippen molar-refractivity contribution in [1.82, 2.24) is 5.32 Å². The van der Waals surface area contributed by atoms with Crippen molar-refractivity contribution in [3.05, 3.63) is 35.6 Å². The molecule has 2 unspecified atom stereocenters. The molecule has 1 N–H and O–H groups in total. The number of hydrogen-bond acceptors (Lipinski definition) is 1. The van der Waals surface area contributed by atoms with Gasteiger partial charge >= 0.3 is 0 Å². The first-order chi connectivity index (χ1) is 8.65. The molecule has 0 aliphatic rings. The van der Waals surface area contributed by atoms with Crippen LogP contribution in [-0.4, -0.2) is 12.6 Å². The van der Waals surface area contributed by atoms with Gasteiger partial charge in [-0.05, 0) is 49.4 Å². The van der Waals surface area contributed by atoms with Crippen molar-refractivity contribution < 1.29 is 4.39 Å². The SMILES string of the molecule is CCCNC(Cc1ccc(F)cc1)CC(C)CC. The number of benzene rings is 1. The van der Waals surface area contributed by atoms with E-state index in [0.29, 0.717) is 6.04 Å². The van der Waals surface area contributed by atoms with Crippen LogP contribution in [0.25, 0.3) is 0 Å². The summed E-state index contributed by atoms with van der Waals surface area (Å²) in [6.45, 7) is 7.78. The first kappa shape index (κ1) is 15.2. The Hall–Kier alpha value is -0.890. The average Bonchev–Trinajstić information content (AvgIpc) is 2.38. The fourth-order valence-corrected chi connectivity index (χ4v) is 2.14. The second-order valence-corrected chi connectivity index (χ2v) is 5.23.